The monoisotopic (exact) mass is 346 g/mol. The van der Waals surface area contributed by atoms with Crippen molar-refractivity contribution in [2.75, 3.05) is 0 Å². The molecule has 1 aliphatic carbocycles. The molecule has 0 fully saturated rings. The fraction of sp³-hybridized carbons (Fsp3) is 0.125. The van der Waals surface area contributed by atoms with Crippen molar-refractivity contribution in [3.63, 3.8) is 0 Å². The van der Waals surface area contributed by atoms with Gasteiger partial charge in [0, 0.05) is 10.0 Å². The van der Waals surface area contributed by atoms with Gasteiger partial charge in [-0.1, -0.05) is 28.1 Å². The van der Waals surface area contributed by atoms with Crippen LogP contribution < -0.4 is 0 Å². The molecule has 3 rings (SSSR count). The Balaban J connectivity index is 2.02. The van der Waals surface area contributed by atoms with Gasteiger partial charge >= 0.3 is 5.97 Å². The highest BCUT2D eigenvalue weighted by Gasteiger charge is 2.34. The summed E-state index contributed by atoms with van der Waals surface area (Å²) in [6, 6.07) is 9.96. The molecule has 21 heavy (non-hydrogen) atoms. The van der Waals surface area contributed by atoms with Gasteiger partial charge in [-0.05, 0) is 41.8 Å². The predicted octanol–water partition coefficient (Wildman–Crippen LogP) is 3.11. The number of aromatic hydroxyl groups is 1. The number of halogens is 1. The van der Waals surface area contributed by atoms with Crippen LogP contribution in [0.5, 0.6) is 5.75 Å². The van der Waals surface area contributed by atoms with Crippen molar-refractivity contribution < 1.29 is 19.8 Å². The summed E-state index contributed by atoms with van der Waals surface area (Å²) in [5.41, 5.74) is 2.05. The average Bonchev–Trinajstić information content (AvgIpc) is 2.42. The number of ketones is 1. The fourth-order valence-corrected chi connectivity index (χ4v) is 3.01. The smallest absolute Gasteiger partial charge is 0.311 e. The van der Waals surface area contributed by atoms with Gasteiger partial charge in [-0.3, -0.25) is 9.59 Å². The van der Waals surface area contributed by atoms with Crippen LogP contribution in [-0.2, 0) is 11.2 Å². The molecule has 0 aliphatic heterocycles. The second-order valence-corrected chi connectivity index (χ2v) is 5.83. The van der Waals surface area contributed by atoms with E-state index < -0.39 is 11.9 Å². The SMILES string of the molecule is O=C(c1cc2c(cc1O)C(C(=O)O)C2)c1ccccc1Br. The van der Waals surface area contributed by atoms with Crippen LogP contribution in [0.4, 0.5) is 0 Å². The Labute approximate surface area is 129 Å². The van der Waals surface area contributed by atoms with Crippen molar-refractivity contribution >= 4 is 27.7 Å². The lowest BCUT2D eigenvalue weighted by Gasteiger charge is -2.27. The zero-order valence-electron chi connectivity index (χ0n) is 10.8. The highest BCUT2D eigenvalue weighted by molar-refractivity contribution is 9.10. The molecule has 0 amide bonds. The molecule has 1 unspecified atom stereocenters. The number of carbonyl (C=O) groups excluding carboxylic acids is 1. The molecular weight excluding hydrogens is 336 g/mol. The van der Waals surface area contributed by atoms with Crippen LogP contribution in [0.25, 0.3) is 0 Å². The number of phenolic OH excluding ortho intramolecular Hbond substituents is 1. The van der Waals surface area contributed by atoms with Crippen LogP contribution in [0.1, 0.15) is 33.0 Å². The first-order chi connectivity index (χ1) is 9.99. The van der Waals surface area contributed by atoms with E-state index in [9.17, 15) is 14.7 Å². The van der Waals surface area contributed by atoms with Gasteiger partial charge in [-0.2, -0.15) is 0 Å². The maximum atomic E-state index is 12.5. The van der Waals surface area contributed by atoms with Gasteiger partial charge in [-0.25, -0.2) is 0 Å². The van der Waals surface area contributed by atoms with Crippen molar-refractivity contribution in [3.8, 4) is 5.75 Å². The Kier molecular flexibility index (Phi) is 3.29. The third kappa shape index (κ3) is 2.23. The summed E-state index contributed by atoms with van der Waals surface area (Å²) in [6.07, 6.45) is 0.390. The molecule has 0 radical (unpaired) electrons. The van der Waals surface area contributed by atoms with E-state index >= 15 is 0 Å². The van der Waals surface area contributed by atoms with E-state index in [1.807, 2.05) is 0 Å². The molecule has 1 atom stereocenters. The first kappa shape index (κ1) is 13.8. The van der Waals surface area contributed by atoms with Crippen LogP contribution in [0.2, 0.25) is 0 Å². The summed E-state index contributed by atoms with van der Waals surface area (Å²) in [5, 5.41) is 19.1. The van der Waals surface area contributed by atoms with Crippen LogP contribution in [-0.4, -0.2) is 22.0 Å². The van der Waals surface area contributed by atoms with E-state index in [1.165, 1.54) is 6.07 Å². The number of carboxylic acids is 1. The molecule has 2 aromatic rings. The largest absolute Gasteiger partial charge is 0.507 e. The van der Waals surface area contributed by atoms with Crippen LogP contribution in [0.3, 0.4) is 0 Å². The zero-order chi connectivity index (χ0) is 15.1. The number of phenols is 1. The summed E-state index contributed by atoms with van der Waals surface area (Å²) in [7, 11) is 0. The molecule has 0 aromatic heterocycles. The van der Waals surface area contributed by atoms with Gasteiger partial charge in [0.1, 0.15) is 5.75 Å². The lowest BCUT2D eigenvalue weighted by Crippen LogP contribution is -2.25. The van der Waals surface area contributed by atoms with E-state index in [0.717, 1.165) is 5.56 Å². The van der Waals surface area contributed by atoms with Crippen molar-refractivity contribution in [3.05, 3.63) is 63.1 Å². The van der Waals surface area contributed by atoms with Crippen molar-refractivity contribution in [1.29, 1.82) is 0 Å². The van der Waals surface area contributed by atoms with Crippen molar-refractivity contribution in [2.24, 2.45) is 0 Å². The first-order valence-electron chi connectivity index (χ1n) is 6.37. The molecular formula is C16H11BrO4. The molecule has 0 bridgehead atoms. The average molecular weight is 347 g/mol. The van der Waals surface area contributed by atoms with Gasteiger partial charge < -0.3 is 10.2 Å². The molecule has 4 nitrogen and oxygen atoms in total. The molecule has 0 heterocycles. The highest BCUT2D eigenvalue weighted by Crippen LogP contribution is 2.40. The number of hydrogen-bond donors (Lipinski definition) is 2. The van der Waals surface area contributed by atoms with Crippen LogP contribution in [0, 0.1) is 0 Å². The van der Waals surface area contributed by atoms with Gasteiger partial charge in [0.15, 0.2) is 5.78 Å². The van der Waals surface area contributed by atoms with E-state index in [2.05, 4.69) is 15.9 Å². The predicted molar refractivity (Wildman–Crippen MR) is 79.8 cm³/mol. The van der Waals surface area contributed by atoms with Crippen LogP contribution in [0.15, 0.2) is 40.9 Å². The Morgan fingerprint density at radius 3 is 2.52 bits per heavy atom. The number of fused-ring (bicyclic) bond motifs is 1. The molecule has 1 aliphatic rings. The quantitative estimate of drug-likeness (QED) is 0.837. The number of benzene rings is 2. The van der Waals surface area contributed by atoms with Crippen LogP contribution >= 0.6 is 15.9 Å². The fourth-order valence-electron chi connectivity index (χ4n) is 2.54. The Hall–Kier alpha value is -2.14. The maximum absolute atomic E-state index is 12.5. The lowest BCUT2D eigenvalue weighted by molar-refractivity contribution is -0.139. The lowest BCUT2D eigenvalue weighted by atomic mass is 9.76. The third-order valence-electron chi connectivity index (χ3n) is 3.72. The second-order valence-electron chi connectivity index (χ2n) is 4.97. The normalized spacial score (nSPS) is 16.0. The molecule has 2 N–H and O–H groups in total. The number of hydrogen-bond acceptors (Lipinski definition) is 3. The van der Waals surface area contributed by atoms with Gasteiger partial charge in [0.05, 0.1) is 11.5 Å². The molecule has 0 saturated carbocycles. The zero-order valence-corrected chi connectivity index (χ0v) is 12.4. The minimum Gasteiger partial charge on any atom is -0.507 e. The number of carboxylic acid groups (broad SMARTS) is 1. The molecule has 0 spiro atoms. The number of aliphatic carboxylic acids is 1. The molecule has 106 valence electrons. The van der Waals surface area contributed by atoms with Gasteiger partial charge in [0.2, 0.25) is 0 Å². The summed E-state index contributed by atoms with van der Waals surface area (Å²) in [6.45, 7) is 0. The third-order valence-corrected chi connectivity index (χ3v) is 4.41. The van der Waals surface area contributed by atoms with E-state index in [1.54, 1.807) is 30.3 Å². The second kappa shape index (κ2) is 5.00. The minimum atomic E-state index is -0.910. The summed E-state index contributed by atoms with van der Waals surface area (Å²) < 4.78 is 0.653. The summed E-state index contributed by atoms with van der Waals surface area (Å²) in [4.78, 5) is 23.5. The highest BCUT2D eigenvalue weighted by atomic mass is 79.9. The van der Waals surface area contributed by atoms with E-state index in [-0.39, 0.29) is 17.1 Å². The van der Waals surface area contributed by atoms with Gasteiger partial charge in [-0.15, -0.1) is 0 Å². The van der Waals surface area contributed by atoms with Gasteiger partial charge in [0.25, 0.3) is 0 Å². The standard InChI is InChI=1S/C16H11BrO4/c17-13-4-2-1-3-9(13)15(19)12-6-8-5-11(16(20)21)10(8)7-14(12)18/h1-4,6-7,11,18H,5H2,(H,20,21). The number of rotatable bonds is 3. The topological polar surface area (TPSA) is 74.6 Å². The first-order valence-corrected chi connectivity index (χ1v) is 7.16. The number of carbonyl (C=O) groups is 2. The molecule has 2 aromatic carbocycles. The molecule has 0 saturated heterocycles. The Morgan fingerprint density at radius 1 is 1.14 bits per heavy atom. The summed E-state index contributed by atoms with van der Waals surface area (Å²) in [5.74, 6) is -1.97. The van der Waals surface area contributed by atoms with Crippen molar-refractivity contribution in [1.82, 2.24) is 0 Å². The molecule has 5 heteroatoms. The minimum absolute atomic E-state index is 0.180. The maximum Gasteiger partial charge on any atom is 0.311 e. The van der Waals surface area contributed by atoms with E-state index in [4.69, 9.17) is 5.11 Å². The van der Waals surface area contributed by atoms with Crippen molar-refractivity contribution in [2.45, 2.75) is 12.3 Å². The Morgan fingerprint density at radius 2 is 1.86 bits per heavy atom. The summed E-state index contributed by atoms with van der Waals surface area (Å²) >= 11 is 3.31. The van der Waals surface area contributed by atoms with E-state index in [0.29, 0.717) is 22.0 Å². The Bertz CT molecular complexity index is 767.